The van der Waals surface area contributed by atoms with Gasteiger partial charge in [-0.2, -0.15) is 0 Å². The molecular weight excluding hydrogens is 486 g/mol. The van der Waals surface area contributed by atoms with Crippen molar-refractivity contribution in [1.82, 2.24) is 14.4 Å². The maximum Gasteiger partial charge on any atom is 0.263 e. The molecule has 0 atom stereocenters. The molecule has 0 amide bonds. The Labute approximate surface area is 220 Å². The number of fused-ring (bicyclic) bond motifs is 3. The van der Waals surface area contributed by atoms with Gasteiger partial charge >= 0.3 is 0 Å². The number of carbonyl (C=O) groups is 1. The summed E-state index contributed by atoms with van der Waals surface area (Å²) in [6.07, 6.45) is 0. The number of aromatic nitrogens is 1. The second-order valence-electron chi connectivity index (χ2n) is 9.38. The lowest BCUT2D eigenvalue weighted by Gasteiger charge is -2.32. The second kappa shape index (κ2) is 11.6. The summed E-state index contributed by atoms with van der Waals surface area (Å²) in [6.45, 7) is 8.06. The highest BCUT2D eigenvalue weighted by Gasteiger charge is 2.25. The number of thiophene rings is 1. The van der Waals surface area contributed by atoms with Crippen molar-refractivity contribution in [2.45, 2.75) is 20.0 Å². The molecule has 0 radical (unpaired) electrons. The first kappa shape index (κ1) is 25.6. The number of likely N-dealkylation sites (N-methyl/N-ethyl adjacent to an activating group) is 1. The van der Waals surface area contributed by atoms with E-state index in [0.717, 1.165) is 53.2 Å². The summed E-state index contributed by atoms with van der Waals surface area (Å²) in [6, 6.07) is 17.0. The molecule has 5 rings (SSSR count). The van der Waals surface area contributed by atoms with Crippen LogP contribution in [-0.4, -0.2) is 73.2 Å². The van der Waals surface area contributed by atoms with E-state index in [9.17, 15) is 9.59 Å². The number of ether oxygens (including phenoxy) is 2. The largest absolute Gasteiger partial charge is 0.489 e. The molecule has 1 fully saturated rings. The van der Waals surface area contributed by atoms with Gasteiger partial charge < -0.3 is 14.4 Å². The van der Waals surface area contributed by atoms with E-state index in [1.54, 1.807) is 28.0 Å². The molecule has 7 nitrogen and oxygen atoms in total. The number of ketones is 1. The molecule has 0 N–H and O–H groups in total. The molecule has 1 aliphatic heterocycles. The average Bonchev–Trinajstić information content (AvgIpc) is 3.29. The third kappa shape index (κ3) is 5.48. The number of piperazine rings is 1. The Bertz CT molecular complexity index is 1440. The molecule has 1 aliphatic rings. The highest BCUT2D eigenvalue weighted by Crippen LogP contribution is 2.40. The van der Waals surface area contributed by atoms with Gasteiger partial charge in [0.05, 0.1) is 28.2 Å². The van der Waals surface area contributed by atoms with E-state index in [2.05, 4.69) is 16.8 Å². The van der Waals surface area contributed by atoms with Gasteiger partial charge in [0.2, 0.25) is 0 Å². The summed E-state index contributed by atoms with van der Waals surface area (Å²) in [5.74, 6) is 0.536. The Kier molecular flexibility index (Phi) is 8.00. The fourth-order valence-corrected chi connectivity index (χ4v) is 6.13. The molecule has 0 saturated carbocycles. The Hall–Kier alpha value is -3.04. The van der Waals surface area contributed by atoms with Crippen LogP contribution in [0.1, 0.15) is 22.2 Å². The third-order valence-corrected chi connectivity index (χ3v) is 8.06. The maximum absolute atomic E-state index is 14.1. The smallest absolute Gasteiger partial charge is 0.263 e. The van der Waals surface area contributed by atoms with Crippen molar-refractivity contribution >= 4 is 38.1 Å². The average molecular weight is 520 g/mol. The third-order valence-electron chi connectivity index (χ3n) is 6.87. The van der Waals surface area contributed by atoms with Gasteiger partial charge in [-0.25, -0.2) is 0 Å². The van der Waals surface area contributed by atoms with Crippen molar-refractivity contribution in [1.29, 1.82) is 0 Å². The van der Waals surface area contributed by atoms with Crippen LogP contribution in [0.3, 0.4) is 0 Å². The van der Waals surface area contributed by atoms with Gasteiger partial charge in [-0.15, -0.1) is 11.3 Å². The zero-order chi connectivity index (χ0) is 25.8. The molecule has 8 heteroatoms. The van der Waals surface area contributed by atoms with Gasteiger partial charge in [0, 0.05) is 50.3 Å². The van der Waals surface area contributed by atoms with Crippen molar-refractivity contribution in [3.63, 3.8) is 0 Å². The van der Waals surface area contributed by atoms with Crippen LogP contribution in [0.25, 0.3) is 21.0 Å². The van der Waals surface area contributed by atoms with E-state index in [-0.39, 0.29) is 17.9 Å². The van der Waals surface area contributed by atoms with E-state index in [4.69, 9.17) is 9.47 Å². The summed E-state index contributed by atoms with van der Waals surface area (Å²) in [5.41, 5.74) is 1.16. The fourth-order valence-electron chi connectivity index (χ4n) is 4.82. The zero-order valence-electron chi connectivity index (χ0n) is 21.4. The van der Waals surface area contributed by atoms with E-state index in [1.807, 2.05) is 49.4 Å². The standard InChI is InChI=1S/C29H33N3O4S/c1-3-35-17-18-36-27-25(20-31-15-13-30(2)14-16-31)37-28-22-11-7-8-12-23(22)32(29(34)26(27)28)19-24(33)21-9-5-4-6-10-21/h4-12H,3,13-20H2,1-2H3. The van der Waals surface area contributed by atoms with Crippen molar-refractivity contribution in [2.75, 3.05) is 53.0 Å². The van der Waals surface area contributed by atoms with Gasteiger partial charge in [-0.05, 0) is 20.0 Å². The highest BCUT2D eigenvalue weighted by molar-refractivity contribution is 7.20. The van der Waals surface area contributed by atoms with Gasteiger partial charge in [0.15, 0.2) is 5.78 Å². The Morgan fingerprint density at radius 3 is 2.46 bits per heavy atom. The number of carbonyl (C=O) groups excluding carboxylic acids is 1. The first-order chi connectivity index (χ1) is 18.1. The van der Waals surface area contributed by atoms with Crippen LogP contribution in [0.4, 0.5) is 0 Å². The summed E-state index contributed by atoms with van der Waals surface area (Å²) in [5, 5.41) is 1.52. The molecular formula is C29H33N3O4S. The van der Waals surface area contributed by atoms with Crippen molar-refractivity contribution < 1.29 is 14.3 Å². The summed E-state index contributed by atoms with van der Waals surface area (Å²) in [7, 11) is 2.14. The highest BCUT2D eigenvalue weighted by atomic mass is 32.1. The molecule has 0 bridgehead atoms. The number of hydrogen-bond acceptors (Lipinski definition) is 7. The molecule has 0 spiro atoms. The Morgan fingerprint density at radius 2 is 1.70 bits per heavy atom. The van der Waals surface area contributed by atoms with Crippen molar-refractivity contribution in [2.24, 2.45) is 0 Å². The van der Waals surface area contributed by atoms with Gasteiger partial charge in [0.25, 0.3) is 5.56 Å². The quantitative estimate of drug-likeness (QED) is 0.230. The van der Waals surface area contributed by atoms with E-state index >= 15 is 0 Å². The number of pyridine rings is 1. The second-order valence-corrected chi connectivity index (χ2v) is 10.5. The minimum absolute atomic E-state index is 0.0265. The lowest BCUT2D eigenvalue weighted by atomic mass is 10.1. The van der Waals surface area contributed by atoms with Crippen LogP contribution in [-0.2, 0) is 17.8 Å². The SMILES string of the molecule is CCOCCOc1c(CN2CCN(C)CC2)sc2c1c(=O)n(CC(=O)c1ccccc1)c1ccccc21. The summed E-state index contributed by atoms with van der Waals surface area (Å²) < 4.78 is 14.3. The van der Waals surface area contributed by atoms with Crippen LogP contribution < -0.4 is 10.3 Å². The van der Waals surface area contributed by atoms with Crippen LogP contribution in [0.15, 0.2) is 59.4 Å². The van der Waals surface area contributed by atoms with E-state index in [1.165, 1.54) is 0 Å². The number of para-hydroxylation sites is 1. The zero-order valence-corrected chi connectivity index (χ0v) is 22.3. The summed E-state index contributed by atoms with van der Waals surface area (Å²) >= 11 is 1.63. The first-order valence-corrected chi connectivity index (χ1v) is 13.6. The Balaban J connectivity index is 1.61. The van der Waals surface area contributed by atoms with Gasteiger partial charge in [-0.3, -0.25) is 19.1 Å². The number of benzene rings is 2. The lowest BCUT2D eigenvalue weighted by Crippen LogP contribution is -2.43. The van der Waals surface area contributed by atoms with Crippen LogP contribution >= 0.6 is 11.3 Å². The van der Waals surface area contributed by atoms with Crippen LogP contribution in [0.2, 0.25) is 0 Å². The number of Topliss-reactive ketones (excluding diaryl/α,β-unsaturated/α-hetero) is 1. The molecule has 2 aromatic heterocycles. The maximum atomic E-state index is 14.1. The molecule has 0 aliphatic carbocycles. The normalized spacial score (nSPS) is 15.0. The Morgan fingerprint density at radius 1 is 0.973 bits per heavy atom. The van der Waals surface area contributed by atoms with E-state index in [0.29, 0.717) is 36.5 Å². The predicted molar refractivity (Wildman–Crippen MR) is 149 cm³/mol. The van der Waals surface area contributed by atoms with Crippen molar-refractivity contribution in [3.8, 4) is 5.75 Å². The molecule has 3 heterocycles. The first-order valence-electron chi connectivity index (χ1n) is 12.8. The molecule has 4 aromatic rings. The monoisotopic (exact) mass is 519 g/mol. The van der Waals surface area contributed by atoms with E-state index < -0.39 is 0 Å². The van der Waals surface area contributed by atoms with Gasteiger partial charge in [0.1, 0.15) is 17.7 Å². The molecule has 1 saturated heterocycles. The number of rotatable bonds is 10. The van der Waals surface area contributed by atoms with Crippen LogP contribution in [0, 0.1) is 0 Å². The molecule has 37 heavy (non-hydrogen) atoms. The predicted octanol–water partition coefficient (Wildman–Crippen LogP) is 4.26. The molecule has 2 aromatic carbocycles. The van der Waals surface area contributed by atoms with Crippen LogP contribution in [0.5, 0.6) is 5.75 Å². The fraction of sp³-hybridized carbons (Fsp3) is 0.379. The lowest BCUT2D eigenvalue weighted by molar-refractivity contribution is 0.0972. The van der Waals surface area contributed by atoms with Crippen molar-refractivity contribution in [3.05, 3.63) is 75.4 Å². The molecule has 194 valence electrons. The number of nitrogens with zero attached hydrogens (tertiary/aromatic N) is 3. The molecule has 0 unspecified atom stereocenters. The minimum atomic E-state index is -0.190. The summed E-state index contributed by atoms with van der Waals surface area (Å²) in [4.78, 5) is 33.0. The number of hydrogen-bond donors (Lipinski definition) is 0. The minimum Gasteiger partial charge on any atom is -0.489 e. The van der Waals surface area contributed by atoms with Gasteiger partial charge in [-0.1, -0.05) is 48.5 Å². The topological polar surface area (TPSA) is 64.0 Å².